The molecule has 188 valence electrons. The van der Waals surface area contributed by atoms with Gasteiger partial charge in [0.2, 0.25) is 0 Å². The Labute approximate surface area is 220 Å². The van der Waals surface area contributed by atoms with E-state index in [1.165, 1.54) is 33.8 Å². The van der Waals surface area contributed by atoms with E-state index in [0.717, 1.165) is 24.1 Å². The first-order valence-corrected chi connectivity index (χ1v) is 13.7. The number of esters is 1. The number of thiophene rings is 1. The minimum absolute atomic E-state index is 0.203. The van der Waals surface area contributed by atoms with Gasteiger partial charge in [0.15, 0.2) is 0 Å². The number of urea groups is 1. The topological polar surface area (TPSA) is 63.6 Å². The fraction of sp³-hybridized carbons (Fsp3) is 0.267. The predicted molar refractivity (Wildman–Crippen MR) is 146 cm³/mol. The van der Waals surface area contributed by atoms with Crippen LogP contribution in [0.3, 0.4) is 0 Å². The van der Waals surface area contributed by atoms with Gasteiger partial charge in [0.25, 0.3) is 0 Å². The summed E-state index contributed by atoms with van der Waals surface area (Å²) < 4.78 is 7.43. The summed E-state index contributed by atoms with van der Waals surface area (Å²) in [6, 6.07) is 20.9. The van der Waals surface area contributed by atoms with E-state index < -0.39 is 5.97 Å². The number of benzene rings is 2. The van der Waals surface area contributed by atoms with Crippen LogP contribution in [0.4, 0.5) is 10.5 Å². The number of carbonyl (C=O) groups excluding carboxylic acids is 2. The molecule has 0 spiro atoms. The maximum absolute atomic E-state index is 14.0. The molecule has 0 bridgehead atoms. The standard InChI is InChI=1S/C30H29N3O3S/c1-2-36-29(34)21-12-8-13-22(18-21)31-30(35)33-19-24-23-14-6-7-16-26(23)37-28(24)32-17-9-15-25(32)27(33)20-10-4-3-5-11-20/h3-5,8-13,15,17-18,27H,2,6-7,14,16,19H2,1H3,(H,31,35)/t27-/m0/s1. The van der Waals surface area contributed by atoms with Crippen LogP contribution in [0.15, 0.2) is 72.9 Å². The van der Waals surface area contributed by atoms with E-state index in [-0.39, 0.29) is 12.1 Å². The molecule has 4 aromatic rings. The molecule has 0 saturated carbocycles. The summed E-state index contributed by atoms with van der Waals surface area (Å²) in [6.45, 7) is 2.60. The molecule has 2 amide bonds. The number of hydrogen-bond donors (Lipinski definition) is 1. The normalized spacial score (nSPS) is 16.2. The number of rotatable bonds is 4. The second-order valence-corrected chi connectivity index (χ2v) is 10.6. The zero-order chi connectivity index (χ0) is 25.4. The van der Waals surface area contributed by atoms with Gasteiger partial charge in [-0.15, -0.1) is 11.3 Å². The molecular weight excluding hydrogens is 482 g/mol. The van der Waals surface area contributed by atoms with Crippen molar-refractivity contribution in [3.63, 3.8) is 0 Å². The van der Waals surface area contributed by atoms with Crippen molar-refractivity contribution < 1.29 is 14.3 Å². The van der Waals surface area contributed by atoms with Gasteiger partial charge in [0.05, 0.1) is 30.5 Å². The van der Waals surface area contributed by atoms with Crippen molar-refractivity contribution in [1.82, 2.24) is 9.47 Å². The molecule has 7 heteroatoms. The minimum atomic E-state index is -0.400. The Morgan fingerprint density at radius 1 is 1.00 bits per heavy atom. The molecule has 0 fully saturated rings. The second kappa shape index (κ2) is 9.90. The van der Waals surface area contributed by atoms with E-state index in [4.69, 9.17) is 4.74 Å². The predicted octanol–water partition coefficient (Wildman–Crippen LogP) is 6.73. The number of carbonyl (C=O) groups is 2. The third-order valence-electron chi connectivity index (χ3n) is 7.18. The number of ether oxygens (including phenoxy) is 1. The van der Waals surface area contributed by atoms with Crippen LogP contribution in [-0.2, 0) is 24.1 Å². The van der Waals surface area contributed by atoms with Crippen molar-refractivity contribution in [3.05, 3.63) is 106 Å². The highest BCUT2D eigenvalue weighted by atomic mass is 32.1. The van der Waals surface area contributed by atoms with Crippen LogP contribution in [0.25, 0.3) is 5.00 Å². The lowest BCUT2D eigenvalue weighted by Gasteiger charge is -2.31. The Hall–Kier alpha value is -3.84. The molecule has 1 N–H and O–H groups in total. The van der Waals surface area contributed by atoms with Gasteiger partial charge in [0, 0.05) is 22.3 Å². The lowest BCUT2D eigenvalue weighted by molar-refractivity contribution is 0.0526. The number of aryl methyl sites for hydroxylation is 1. The average Bonchev–Trinajstić information content (AvgIpc) is 3.51. The van der Waals surface area contributed by atoms with Gasteiger partial charge in [-0.05, 0) is 74.1 Å². The molecule has 1 aliphatic carbocycles. The molecule has 0 radical (unpaired) electrons. The van der Waals surface area contributed by atoms with E-state index in [9.17, 15) is 9.59 Å². The highest BCUT2D eigenvalue weighted by Crippen LogP contribution is 2.44. The number of nitrogens with one attached hydrogen (secondary N) is 1. The van der Waals surface area contributed by atoms with Crippen molar-refractivity contribution in [1.29, 1.82) is 0 Å². The zero-order valence-electron chi connectivity index (χ0n) is 20.8. The fourth-order valence-electron chi connectivity index (χ4n) is 5.51. The monoisotopic (exact) mass is 511 g/mol. The second-order valence-electron chi connectivity index (χ2n) is 9.47. The van der Waals surface area contributed by atoms with Crippen molar-refractivity contribution >= 4 is 29.0 Å². The Kier molecular flexibility index (Phi) is 6.30. The number of nitrogens with zero attached hydrogens (tertiary/aromatic N) is 2. The lowest BCUT2D eigenvalue weighted by atomic mass is 9.95. The molecule has 6 rings (SSSR count). The molecule has 6 nitrogen and oxygen atoms in total. The number of amides is 2. The summed E-state index contributed by atoms with van der Waals surface area (Å²) in [5.41, 5.74) is 5.78. The average molecular weight is 512 g/mol. The summed E-state index contributed by atoms with van der Waals surface area (Å²) in [5, 5.41) is 4.31. The molecule has 1 aliphatic heterocycles. The molecule has 2 aromatic carbocycles. The van der Waals surface area contributed by atoms with Gasteiger partial charge in [-0.1, -0.05) is 36.4 Å². The Bertz CT molecular complexity index is 1460. The van der Waals surface area contributed by atoms with E-state index in [1.54, 1.807) is 31.2 Å². The molecule has 37 heavy (non-hydrogen) atoms. The van der Waals surface area contributed by atoms with Gasteiger partial charge in [-0.3, -0.25) is 0 Å². The molecule has 0 unspecified atom stereocenters. The van der Waals surface area contributed by atoms with E-state index in [2.05, 4.69) is 40.3 Å². The first-order chi connectivity index (χ1) is 18.1. The van der Waals surface area contributed by atoms with Crippen LogP contribution >= 0.6 is 11.3 Å². The molecule has 0 saturated heterocycles. The van der Waals surface area contributed by atoms with Crippen molar-refractivity contribution in [3.8, 4) is 5.00 Å². The van der Waals surface area contributed by atoms with Crippen LogP contribution < -0.4 is 5.32 Å². The van der Waals surface area contributed by atoms with Crippen LogP contribution in [0.5, 0.6) is 0 Å². The Morgan fingerprint density at radius 3 is 2.68 bits per heavy atom. The first kappa shape index (κ1) is 23.6. The molecule has 1 atom stereocenters. The van der Waals surface area contributed by atoms with Crippen LogP contribution in [0.2, 0.25) is 0 Å². The summed E-state index contributed by atoms with van der Waals surface area (Å²) in [4.78, 5) is 29.7. The van der Waals surface area contributed by atoms with Crippen LogP contribution in [-0.4, -0.2) is 28.1 Å². The number of fused-ring (bicyclic) bond motifs is 5. The van der Waals surface area contributed by atoms with Gasteiger partial charge >= 0.3 is 12.0 Å². The third-order valence-corrected chi connectivity index (χ3v) is 8.51. The van der Waals surface area contributed by atoms with Crippen molar-refractivity contribution in [2.75, 3.05) is 11.9 Å². The highest BCUT2D eigenvalue weighted by Gasteiger charge is 2.36. The summed E-state index contributed by atoms with van der Waals surface area (Å²) in [7, 11) is 0. The van der Waals surface area contributed by atoms with Gasteiger partial charge in [0.1, 0.15) is 5.00 Å². The summed E-state index contributed by atoms with van der Waals surface area (Å²) >= 11 is 1.88. The highest BCUT2D eigenvalue weighted by molar-refractivity contribution is 7.15. The van der Waals surface area contributed by atoms with Crippen LogP contribution in [0, 0.1) is 0 Å². The van der Waals surface area contributed by atoms with Crippen LogP contribution in [0.1, 0.15) is 63.4 Å². The molecule has 3 heterocycles. The van der Waals surface area contributed by atoms with Gasteiger partial charge < -0.3 is 19.5 Å². The van der Waals surface area contributed by atoms with Crippen molar-refractivity contribution in [2.24, 2.45) is 0 Å². The van der Waals surface area contributed by atoms with E-state index >= 15 is 0 Å². The number of anilines is 1. The minimum Gasteiger partial charge on any atom is -0.462 e. The molecule has 2 aliphatic rings. The molecule has 2 aromatic heterocycles. The fourth-order valence-corrected chi connectivity index (χ4v) is 6.91. The summed E-state index contributed by atoms with van der Waals surface area (Å²) in [5.74, 6) is -0.400. The lowest BCUT2D eigenvalue weighted by Crippen LogP contribution is -2.38. The third kappa shape index (κ3) is 4.33. The Balaban J connectivity index is 1.42. The quantitative estimate of drug-likeness (QED) is 0.309. The first-order valence-electron chi connectivity index (χ1n) is 12.8. The van der Waals surface area contributed by atoms with Crippen molar-refractivity contribution in [2.45, 2.75) is 45.2 Å². The van der Waals surface area contributed by atoms with Gasteiger partial charge in [-0.2, -0.15) is 0 Å². The number of hydrogen-bond acceptors (Lipinski definition) is 4. The van der Waals surface area contributed by atoms with E-state index in [1.807, 2.05) is 34.4 Å². The summed E-state index contributed by atoms with van der Waals surface area (Å²) in [6.07, 6.45) is 6.70. The van der Waals surface area contributed by atoms with E-state index in [0.29, 0.717) is 24.4 Å². The maximum atomic E-state index is 14.0. The SMILES string of the molecule is CCOC(=O)c1cccc(NC(=O)N2Cc3c(sc4c3CCCC4)-n3cccc3[C@@H]2c2ccccc2)c1. The largest absolute Gasteiger partial charge is 0.462 e. The number of aromatic nitrogens is 1. The molecular formula is C30H29N3O3S. The smallest absolute Gasteiger partial charge is 0.338 e. The zero-order valence-corrected chi connectivity index (χ0v) is 21.6. The van der Waals surface area contributed by atoms with Gasteiger partial charge in [-0.25, -0.2) is 9.59 Å². The Morgan fingerprint density at radius 2 is 1.84 bits per heavy atom. The maximum Gasteiger partial charge on any atom is 0.338 e.